The van der Waals surface area contributed by atoms with Crippen molar-refractivity contribution in [2.24, 2.45) is 5.92 Å². The van der Waals surface area contributed by atoms with Crippen molar-refractivity contribution in [1.29, 1.82) is 0 Å². The minimum absolute atomic E-state index is 0.148. The summed E-state index contributed by atoms with van der Waals surface area (Å²) in [7, 11) is 0.919. The quantitative estimate of drug-likeness (QED) is 0.685. The Balaban J connectivity index is 4.70. The van der Waals surface area contributed by atoms with Crippen molar-refractivity contribution < 1.29 is 26.7 Å². The van der Waals surface area contributed by atoms with E-state index in [1.54, 1.807) is 13.8 Å². The molecule has 2 nitrogen and oxygen atoms in total. The lowest BCUT2D eigenvalue weighted by atomic mass is 10.2. The van der Waals surface area contributed by atoms with Crippen LogP contribution in [0.1, 0.15) is 13.8 Å². The number of hydrogen-bond acceptors (Lipinski definition) is 1. The second-order valence-corrected chi connectivity index (χ2v) is 3.65. The van der Waals surface area contributed by atoms with Crippen LogP contribution in [0.4, 0.5) is 22.0 Å². The van der Waals surface area contributed by atoms with Crippen LogP contribution in [-0.2, 0) is 4.79 Å². The average molecular weight is 233 g/mol. The summed E-state index contributed by atoms with van der Waals surface area (Å²) in [4.78, 5) is 11.2. The second kappa shape index (κ2) is 4.32. The standard InChI is InChI=1S/C8H12F5NO/c1-5(2)4-14(3)6(15)7(9,10)8(11,12)13/h5H,4H2,1-3H3. The van der Waals surface area contributed by atoms with E-state index in [-0.39, 0.29) is 12.5 Å². The maximum Gasteiger partial charge on any atom is 0.463 e. The summed E-state index contributed by atoms with van der Waals surface area (Å²) in [5.41, 5.74) is 0. The molecule has 0 spiro atoms. The van der Waals surface area contributed by atoms with E-state index in [0.29, 0.717) is 4.90 Å². The molecule has 0 N–H and O–H groups in total. The molecule has 0 atom stereocenters. The Morgan fingerprint density at radius 1 is 1.20 bits per heavy atom. The van der Waals surface area contributed by atoms with Gasteiger partial charge in [0.1, 0.15) is 0 Å². The van der Waals surface area contributed by atoms with Crippen LogP contribution < -0.4 is 0 Å². The molecular weight excluding hydrogens is 221 g/mol. The Bertz CT molecular complexity index is 236. The Morgan fingerprint density at radius 2 is 1.60 bits per heavy atom. The van der Waals surface area contributed by atoms with Crippen molar-refractivity contribution in [2.75, 3.05) is 13.6 Å². The third-order valence-corrected chi connectivity index (χ3v) is 1.61. The van der Waals surface area contributed by atoms with Crippen LogP contribution >= 0.6 is 0 Å². The molecule has 0 aliphatic heterocycles. The maximum absolute atomic E-state index is 12.5. The summed E-state index contributed by atoms with van der Waals surface area (Å²) >= 11 is 0. The molecule has 0 fully saturated rings. The highest BCUT2D eigenvalue weighted by atomic mass is 19.4. The third kappa shape index (κ3) is 3.32. The highest BCUT2D eigenvalue weighted by molar-refractivity contribution is 5.84. The van der Waals surface area contributed by atoms with Crippen molar-refractivity contribution in [3.63, 3.8) is 0 Å². The third-order valence-electron chi connectivity index (χ3n) is 1.61. The molecule has 0 aliphatic rings. The van der Waals surface area contributed by atoms with E-state index in [2.05, 4.69) is 0 Å². The number of hydrogen-bond donors (Lipinski definition) is 0. The highest BCUT2D eigenvalue weighted by Crippen LogP contribution is 2.36. The fraction of sp³-hybridized carbons (Fsp3) is 0.875. The first-order valence-corrected chi connectivity index (χ1v) is 4.20. The van der Waals surface area contributed by atoms with Gasteiger partial charge in [-0.25, -0.2) is 0 Å². The molecule has 0 aromatic carbocycles. The van der Waals surface area contributed by atoms with Gasteiger partial charge in [0.25, 0.3) is 0 Å². The number of carbonyl (C=O) groups is 1. The van der Waals surface area contributed by atoms with Crippen LogP contribution in [0.5, 0.6) is 0 Å². The van der Waals surface area contributed by atoms with Crippen LogP contribution in [0.15, 0.2) is 0 Å². The van der Waals surface area contributed by atoms with Crippen LogP contribution in [0.25, 0.3) is 0 Å². The Labute approximate surface area is 84.0 Å². The van der Waals surface area contributed by atoms with Crippen molar-refractivity contribution >= 4 is 5.91 Å². The van der Waals surface area contributed by atoms with Gasteiger partial charge in [-0.05, 0) is 5.92 Å². The fourth-order valence-electron chi connectivity index (χ4n) is 0.992. The van der Waals surface area contributed by atoms with Gasteiger partial charge in [-0.2, -0.15) is 22.0 Å². The summed E-state index contributed by atoms with van der Waals surface area (Å²) in [6, 6.07) is 0. The van der Waals surface area contributed by atoms with Gasteiger partial charge in [-0.15, -0.1) is 0 Å². The van der Waals surface area contributed by atoms with Gasteiger partial charge in [-0.1, -0.05) is 13.8 Å². The minimum atomic E-state index is -5.84. The predicted octanol–water partition coefficient (Wildman–Crippen LogP) is 2.30. The lowest BCUT2D eigenvalue weighted by molar-refractivity contribution is -0.274. The monoisotopic (exact) mass is 233 g/mol. The lowest BCUT2D eigenvalue weighted by Gasteiger charge is -2.25. The number of nitrogens with zero attached hydrogens (tertiary/aromatic N) is 1. The lowest BCUT2D eigenvalue weighted by Crippen LogP contribution is -2.51. The highest BCUT2D eigenvalue weighted by Gasteiger charge is 2.64. The van der Waals surface area contributed by atoms with E-state index in [1.165, 1.54) is 0 Å². The molecule has 0 radical (unpaired) electrons. The largest absolute Gasteiger partial charge is 0.463 e. The van der Waals surface area contributed by atoms with Gasteiger partial charge in [-0.3, -0.25) is 4.79 Å². The average Bonchev–Trinajstić information content (AvgIpc) is 1.99. The molecule has 0 aromatic heterocycles. The number of rotatable bonds is 3. The van der Waals surface area contributed by atoms with Crippen LogP contribution in [0.2, 0.25) is 0 Å². The zero-order valence-corrected chi connectivity index (χ0v) is 8.53. The molecule has 0 aromatic rings. The van der Waals surface area contributed by atoms with Crippen molar-refractivity contribution in [3.05, 3.63) is 0 Å². The number of amides is 1. The molecule has 0 unspecified atom stereocenters. The predicted molar refractivity (Wildman–Crippen MR) is 43.5 cm³/mol. The number of halogens is 5. The number of alkyl halides is 5. The van der Waals surface area contributed by atoms with Gasteiger partial charge in [0.05, 0.1) is 0 Å². The minimum Gasteiger partial charge on any atom is -0.340 e. The van der Waals surface area contributed by atoms with Crippen LogP contribution in [0.3, 0.4) is 0 Å². The van der Waals surface area contributed by atoms with Gasteiger partial charge in [0, 0.05) is 13.6 Å². The topological polar surface area (TPSA) is 20.3 Å². The molecular formula is C8H12F5NO. The molecule has 7 heteroatoms. The smallest absolute Gasteiger partial charge is 0.340 e. The van der Waals surface area contributed by atoms with Gasteiger partial charge >= 0.3 is 18.0 Å². The van der Waals surface area contributed by atoms with Crippen LogP contribution in [-0.4, -0.2) is 36.5 Å². The number of carbonyl (C=O) groups excluding carboxylic acids is 1. The van der Waals surface area contributed by atoms with E-state index in [9.17, 15) is 26.7 Å². The molecule has 1 amide bonds. The molecule has 90 valence electrons. The molecule has 0 saturated heterocycles. The zero-order valence-electron chi connectivity index (χ0n) is 8.53. The van der Waals surface area contributed by atoms with Crippen LogP contribution in [0, 0.1) is 5.92 Å². The first kappa shape index (κ1) is 14.1. The SMILES string of the molecule is CC(C)CN(C)C(=O)C(F)(F)C(F)(F)F. The zero-order chi connectivity index (χ0) is 12.4. The first-order valence-electron chi connectivity index (χ1n) is 4.20. The summed E-state index contributed by atoms with van der Waals surface area (Å²) in [6.07, 6.45) is -5.84. The van der Waals surface area contributed by atoms with Gasteiger partial charge in [0.2, 0.25) is 0 Å². The Morgan fingerprint density at radius 3 is 1.87 bits per heavy atom. The van der Waals surface area contributed by atoms with E-state index in [4.69, 9.17) is 0 Å². The van der Waals surface area contributed by atoms with E-state index in [1.807, 2.05) is 0 Å². The fourth-order valence-corrected chi connectivity index (χ4v) is 0.992. The van der Waals surface area contributed by atoms with Crippen molar-refractivity contribution in [2.45, 2.75) is 25.9 Å². The van der Waals surface area contributed by atoms with Crippen molar-refractivity contribution in [1.82, 2.24) is 4.90 Å². The summed E-state index contributed by atoms with van der Waals surface area (Å²) in [6.45, 7) is 3.07. The molecule has 0 bridgehead atoms. The maximum atomic E-state index is 12.5. The molecule has 0 heterocycles. The summed E-state index contributed by atoms with van der Waals surface area (Å²) in [5, 5.41) is 0. The molecule has 0 rings (SSSR count). The molecule has 0 aliphatic carbocycles. The van der Waals surface area contributed by atoms with Crippen molar-refractivity contribution in [3.8, 4) is 0 Å². The molecule has 15 heavy (non-hydrogen) atoms. The Hall–Kier alpha value is -0.880. The van der Waals surface area contributed by atoms with Gasteiger partial charge < -0.3 is 4.90 Å². The Kier molecular flexibility index (Phi) is 4.07. The molecule has 0 saturated carbocycles. The van der Waals surface area contributed by atoms with E-state index in [0.717, 1.165) is 7.05 Å². The van der Waals surface area contributed by atoms with E-state index < -0.39 is 18.0 Å². The summed E-state index contributed by atoms with van der Waals surface area (Å²) in [5.74, 6) is -7.71. The normalized spacial score (nSPS) is 13.1. The van der Waals surface area contributed by atoms with E-state index >= 15 is 0 Å². The van der Waals surface area contributed by atoms with Gasteiger partial charge in [0.15, 0.2) is 0 Å². The second-order valence-electron chi connectivity index (χ2n) is 3.65. The summed E-state index contributed by atoms with van der Waals surface area (Å²) < 4.78 is 60.4. The first-order chi connectivity index (χ1) is 6.50.